The Balaban J connectivity index is 2.54. The maximum atomic E-state index is 11.5. The molecule has 0 radical (unpaired) electrons. The summed E-state index contributed by atoms with van der Waals surface area (Å²) in [6, 6.07) is 6.31. The molecule has 19 heavy (non-hydrogen) atoms. The zero-order valence-corrected chi connectivity index (χ0v) is 11.3. The minimum atomic E-state index is -4.46. The molecular formula is C10H12N2O5S2. The molecule has 1 heterocycles. The molecule has 0 aliphatic carbocycles. The monoisotopic (exact) mass is 304 g/mol. The smallest absolute Gasteiger partial charge is 0.266 e. The fourth-order valence-electron chi connectivity index (χ4n) is 1.84. The molecule has 104 valence electrons. The lowest BCUT2D eigenvalue weighted by Crippen LogP contribution is -2.27. The number of fused-ring (bicyclic) bond motifs is 1. The Kier molecular flexibility index (Phi) is 3.39. The molecule has 1 aromatic heterocycles. The summed E-state index contributed by atoms with van der Waals surface area (Å²) in [5, 5.41) is 4.25. The van der Waals surface area contributed by atoms with Crippen molar-refractivity contribution in [1.29, 1.82) is 0 Å². The molecule has 0 saturated carbocycles. The highest BCUT2D eigenvalue weighted by Crippen LogP contribution is 2.25. The molecule has 1 atom stereocenters. The quantitative estimate of drug-likeness (QED) is 0.703. The molecule has 0 bridgehead atoms. The number of benzene rings is 1. The summed E-state index contributed by atoms with van der Waals surface area (Å²) in [4.78, 5) is 2.92. The molecular weight excluding hydrogens is 292 g/mol. The first kappa shape index (κ1) is 14.0. The van der Waals surface area contributed by atoms with Crippen molar-refractivity contribution in [2.45, 2.75) is 5.25 Å². The standard InChI is InChI=1S/C10H12N2O5S2/c11-19(16,17)10(6-18(13,14)15)8-1-2-9-7(5-8)3-4-12-9/h1-5,10,12H,6H2,(H2,11,16,17)(H,13,14,15). The predicted molar refractivity (Wildman–Crippen MR) is 70.6 cm³/mol. The van der Waals surface area contributed by atoms with Crippen LogP contribution in [-0.4, -0.2) is 32.1 Å². The average Bonchev–Trinajstić information content (AvgIpc) is 2.69. The Bertz CT molecular complexity index is 807. The van der Waals surface area contributed by atoms with Crippen LogP contribution in [0.1, 0.15) is 10.8 Å². The topological polar surface area (TPSA) is 130 Å². The van der Waals surface area contributed by atoms with Crippen molar-refractivity contribution in [3.8, 4) is 0 Å². The Morgan fingerprint density at radius 1 is 1.21 bits per heavy atom. The van der Waals surface area contributed by atoms with Crippen LogP contribution in [-0.2, 0) is 20.1 Å². The zero-order valence-electron chi connectivity index (χ0n) is 9.65. The molecule has 4 N–H and O–H groups in total. The number of hydrogen-bond donors (Lipinski definition) is 3. The van der Waals surface area contributed by atoms with E-state index < -0.39 is 31.1 Å². The van der Waals surface area contributed by atoms with Gasteiger partial charge in [0.1, 0.15) is 5.25 Å². The number of H-pyrrole nitrogens is 1. The van der Waals surface area contributed by atoms with Crippen LogP contribution in [0, 0.1) is 0 Å². The maximum Gasteiger partial charge on any atom is 0.266 e. The van der Waals surface area contributed by atoms with Gasteiger partial charge in [-0.2, -0.15) is 8.42 Å². The number of primary sulfonamides is 1. The predicted octanol–water partition coefficient (Wildman–Crippen LogP) is 0.385. The lowest BCUT2D eigenvalue weighted by molar-refractivity contribution is 0.480. The van der Waals surface area contributed by atoms with Gasteiger partial charge in [0, 0.05) is 11.7 Å². The van der Waals surface area contributed by atoms with Crippen LogP contribution in [0.15, 0.2) is 30.5 Å². The van der Waals surface area contributed by atoms with Gasteiger partial charge in [0.15, 0.2) is 0 Å². The van der Waals surface area contributed by atoms with Crippen molar-refractivity contribution in [3.63, 3.8) is 0 Å². The molecule has 0 amide bonds. The van der Waals surface area contributed by atoms with E-state index in [1.54, 1.807) is 18.3 Å². The minimum Gasteiger partial charge on any atom is -0.361 e. The van der Waals surface area contributed by atoms with Crippen LogP contribution in [0.5, 0.6) is 0 Å². The summed E-state index contributed by atoms with van der Waals surface area (Å²) in [5.74, 6) is -0.970. The Hall–Kier alpha value is -1.42. The minimum absolute atomic E-state index is 0.215. The number of aromatic amines is 1. The first-order valence-corrected chi connectivity index (χ1v) is 8.42. The van der Waals surface area contributed by atoms with Crippen LogP contribution in [0.25, 0.3) is 10.9 Å². The number of hydrogen-bond acceptors (Lipinski definition) is 4. The van der Waals surface area contributed by atoms with Gasteiger partial charge in [0.25, 0.3) is 10.1 Å². The van der Waals surface area contributed by atoms with Gasteiger partial charge < -0.3 is 4.98 Å². The van der Waals surface area contributed by atoms with Crippen molar-refractivity contribution in [1.82, 2.24) is 4.98 Å². The number of rotatable bonds is 4. The highest BCUT2D eigenvalue weighted by molar-refractivity contribution is 7.91. The Morgan fingerprint density at radius 3 is 2.47 bits per heavy atom. The first-order chi connectivity index (χ1) is 8.67. The van der Waals surface area contributed by atoms with Gasteiger partial charge in [-0.05, 0) is 29.1 Å². The molecule has 0 fully saturated rings. The SMILES string of the molecule is NS(=O)(=O)C(CS(=O)(=O)O)c1ccc2[nH]ccc2c1. The second-order valence-corrected chi connectivity index (χ2v) is 7.39. The summed E-state index contributed by atoms with van der Waals surface area (Å²) >= 11 is 0. The van der Waals surface area contributed by atoms with Crippen molar-refractivity contribution >= 4 is 31.0 Å². The number of aromatic nitrogens is 1. The second kappa shape index (κ2) is 4.60. The lowest BCUT2D eigenvalue weighted by atomic mass is 10.1. The molecule has 1 unspecified atom stereocenters. The van der Waals surface area contributed by atoms with E-state index in [1.807, 2.05) is 0 Å². The van der Waals surface area contributed by atoms with Crippen LogP contribution >= 0.6 is 0 Å². The normalized spacial score (nSPS) is 14.6. The van der Waals surface area contributed by atoms with Gasteiger partial charge >= 0.3 is 0 Å². The third-order valence-corrected chi connectivity index (χ3v) is 4.91. The molecule has 0 spiro atoms. The highest BCUT2D eigenvalue weighted by Gasteiger charge is 2.29. The summed E-state index contributed by atoms with van der Waals surface area (Å²) in [5.41, 5.74) is 0.996. The third kappa shape index (κ3) is 3.32. The fraction of sp³-hybridized carbons (Fsp3) is 0.200. The number of nitrogens with one attached hydrogen (secondary N) is 1. The summed E-state index contributed by atoms with van der Waals surface area (Å²) in [6.45, 7) is 0. The third-order valence-electron chi connectivity index (χ3n) is 2.71. The molecule has 2 rings (SSSR count). The largest absolute Gasteiger partial charge is 0.361 e. The second-order valence-electron chi connectivity index (χ2n) is 4.15. The van der Waals surface area contributed by atoms with Gasteiger partial charge in [0.2, 0.25) is 10.0 Å². The van der Waals surface area contributed by atoms with E-state index in [9.17, 15) is 16.8 Å². The van der Waals surface area contributed by atoms with Gasteiger partial charge in [-0.15, -0.1) is 0 Å². The van der Waals surface area contributed by atoms with E-state index in [0.717, 1.165) is 10.9 Å². The van der Waals surface area contributed by atoms with E-state index in [0.29, 0.717) is 0 Å². The van der Waals surface area contributed by atoms with E-state index >= 15 is 0 Å². The molecule has 0 aliphatic rings. The first-order valence-electron chi connectivity index (χ1n) is 5.20. The van der Waals surface area contributed by atoms with E-state index in [4.69, 9.17) is 9.69 Å². The van der Waals surface area contributed by atoms with Crippen LogP contribution in [0.2, 0.25) is 0 Å². The fourth-order valence-corrected chi connectivity index (χ4v) is 4.22. The van der Waals surface area contributed by atoms with Gasteiger partial charge in [-0.3, -0.25) is 4.55 Å². The molecule has 0 saturated heterocycles. The molecule has 2 aromatic rings. The zero-order chi connectivity index (χ0) is 14.3. The van der Waals surface area contributed by atoms with E-state index in [-0.39, 0.29) is 5.56 Å². The summed E-state index contributed by atoms with van der Waals surface area (Å²) in [7, 11) is -8.61. The lowest BCUT2D eigenvalue weighted by Gasteiger charge is -2.13. The molecule has 1 aromatic carbocycles. The Labute approximate surface area is 110 Å². The number of sulfonamides is 1. The van der Waals surface area contributed by atoms with Crippen LogP contribution in [0.3, 0.4) is 0 Å². The van der Waals surface area contributed by atoms with E-state index in [1.165, 1.54) is 12.1 Å². The van der Waals surface area contributed by atoms with Crippen molar-refractivity contribution in [2.24, 2.45) is 5.14 Å². The average molecular weight is 304 g/mol. The van der Waals surface area contributed by atoms with Gasteiger partial charge in [-0.1, -0.05) is 6.07 Å². The number of nitrogens with two attached hydrogens (primary N) is 1. The van der Waals surface area contributed by atoms with Crippen LogP contribution < -0.4 is 5.14 Å². The highest BCUT2D eigenvalue weighted by atomic mass is 32.2. The summed E-state index contributed by atoms with van der Waals surface area (Å²) in [6.07, 6.45) is 1.67. The van der Waals surface area contributed by atoms with Gasteiger partial charge in [0.05, 0.1) is 5.75 Å². The van der Waals surface area contributed by atoms with Crippen molar-refractivity contribution in [2.75, 3.05) is 5.75 Å². The van der Waals surface area contributed by atoms with Crippen LogP contribution in [0.4, 0.5) is 0 Å². The Morgan fingerprint density at radius 2 is 1.89 bits per heavy atom. The molecule has 7 nitrogen and oxygen atoms in total. The maximum absolute atomic E-state index is 11.5. The van der Waals surface area contributed by atoms with Crippen molar-refractivity contribution < 1.29 is 21.4 Å². The van der Waals surface area contributed by atoms with E-state index in [2.05, 4.69) is 4.98 Å². The molecule has 0 aliphatic heterocycles. The van der Waals surface area contributed by atoms with Gasteiger partial charge in [-0.25, -0.2) is 13.6 Å². The summed E-state index contributed by atoms with van der Waals surface area (Å²) < 4.78 is 53.6. The molecule has 9 heteroatoms. The van der Waals surface area contributed by atoms with Crippen molar-refractivity contribution in [3.05, 3.63) is 36.0 Å².